The third kappa shape index (κ3) is 4.67. The van der Waals surface area contributed by atoms with Crippen LogP contribution in [0.25, 0.3) is 0 Å². The van der Waals surface area contributed by atoms with Crippen molar-refractivity contribution in [2.24, 2.45) is 0 Å². The molecule has 0 atom stereocenters. The number of alkyl halides is 1. The van der Waals surface area contributed by atoms with Crippen LogP contribution in [0.4, 0.5) is 10.7 Å². The summed E-state index contributed by atoms with van der Waals surface area (Å²) in [6, 6.07) is 4.42. The van der Waals surface area contributed by atoms with Gasteiger partial charge in [0.1, 0.15) is 5.88 Å². The maximum Gasteiger partial charge on any atom is 0.237 e. The molecule has 1 saturated heterocycles. The van der Waals surface area contributed by atoms with Crippen molar-refractivity contribution < 1.29 is 4.79 Å². The second kappa shape index (κ2) is 9.25. The molecule has 5 nitrogen and oxygen atoms in total. The fourth-order valence-corrected chi connectivity index (χ4v) is 5.40. The maximum absolute atomic E-state index is 11.9. The lowest BCUT2D eigenvalue weighted by molar-refractivity contribution is -0.128. The fourth-order valence-electron chi connectivity index (χ4n) is 4.06. The van der Waals surface area contributed by atoms with Crippen LogP contribution in [0.3, 0.4) is 0 Å². The van der Waals surface area contributed by atoms with Gasteiger partial charge in [0.25, 0.3) is 0 Å². The normalized spacial score (nSPS) is 17.8. The Hall–Kier alpha value is -1.63. The van der Waals surface area contributed by atoms with Crippen LogP contribution >= 0.6 is 22.9 Å². The zero-order valence-electron chi connectivity index (χ0n) is 16.1. The molecule has 2 aromatic heterocycles. The van der Waals surface area contributed by atoms with Crippen molar-refractivity contribution in [1.29, 1.82) is 0 Å². The van der Waals surface area contributed by atoms with E-state index in [9.17, 15) is 4.79 Å². The van der Waals surface area contributed by atoms with Crippen molar-refractivity contribution >= 4 is 39.5 Å². The molecule has 1 amide bonds. The molecule has 150 valence electrons. The van der Waals surface area contributed by atoms with Crippen LogP contribution in [0.1, 0.15) is 35.3 Å². The summed E-state index contributed by atoms with van der Waals surface area (Å²) in [6.07, 6.45) is 9.80. The summed E-state index contributed by atoms with van der Waals surface area (Å²) >= 11 is 7.61. The van der Waals surface area contributed by atoms with E-state index in [0.29, 0.717) is 0 Å². The van der Waals surface area contributed by atoms with Crippen molar-refractivity contribution in [3.63, 3.8) is 0 Å². The minimum Gasteiger partial charge on any atom is -0.346 e. The van der Waals surface area contributed by atoms with Gasteiger partial charge in [-0.05, 0) is 55.4 Å². The lowest BCUT2D eigenvalue weighted by atomic mass is 10.00. The third-order valence-electron chi connectivity index (χ3n) is 5.62. The van der Waals surface area contributed by atoms with Crippen LogP contribution in [-0.4, -0.2) is 52.8 Å². The Bertz CT molecular complexity index is 801. The van der Waals surface area contributed by atoms with Crippen LogP contribution in [0.5, 0.6) is 0 Å². The summed E-state index contributed by atoms with van der Waals surface area (Å²) in [5, 5.41) is 4.84. The van der Waals surface area contributed by atoms with E-state index in [-0.39, 0.29) is 11.8 Å². The molecule has 0 saturated carbocycles. The number of aryl methyl sites for hydroxylation is 2. The molecule has 0 unspecified atom stereocenters. The summed E-state index contributed by atoms with van der Waals surface area (Å²) in [5.74, 6) is 0.111. The van der Waals surface area contributed by atoms with Crippen LogP contribution in [-0.2, 0) is 24.2 Å². The van der Waals surface area contributed by atoms with E-state index in [4.69, 9.17) is 11.6 Å². The van der Waals surface area contributed by atoms with E-state index >= 15 is 0 Å². The molecule has 0 spiro atoms. The SMILES string of the molecule is O=C(CCl)N1CCCN(Cc2ccncc2Nc2cc3c(s2)CCCC3)CC1. The van der Waals surface area contributed by atoms with E-state index in [1.165, 1.54) is 46.7 Å². The second-order valence-corrected chi connectivity index (χ2v) is 8.97. The largest absolute Gasteiger partial charge is 0.346 e. The number of hydrogen-bond donors (Lipinski definition) is 1. The maximum atomic E-state index is 11.9. The van der Waals surface area contributed by atoms with Gasteiger partial charge in [0.2, 0.25) is 5.91 Å². The molecular weight excluding hydrogens is 392 g/mol. The number of hydrogen-bond acceptors (Lipinski definition) is 5. The van der Waals surface area contributed by atoms with Crippen LogP contribution in [0.2, 0.25) is 0 Å². The van der Waals surface area contributed by atoms with Gasteiger partial charge in [-0.2, -0.15) is 0 Å². The van der Waals surface area contributed by atoms with Crippen molar-refractivity contribution in [3.8, 4) is 0 Å². The molecule has 4 rings (SSSR count). The molecule has 1 aliphatic carbocycles. The Morgan fingerprint density at radius 1 is 1.18 bits per heavy atom. The molecule has 0 bridgehead atoms. The topological polar surface area (TPSA) is 48.5 Å². The Morgan fingerprint density at radius 2 is 2.07 bits per heavy atom. The Kier molecular flexibility index (Phi) is 6.50. The Morgan fingerprint density at radius 3 is 2.93 bits per heavy atom. The molecule has 0 aromatic carbocycles. The van der Waals surface area contributed by atoms with E-state index < -0.39 is 0 Å². The van der Waals surface area contributed by atoms with Crippen molar-refractivity contribution in [1.82, 2.24) is 14.8 Å². The highest BCUT2D eigenvalue weighted by Crippen LogP contribution is 2.35. The molecule has 1 aliphatic heterocycles. The quantitative estimate of drug-likeness (QED) is 0.744. The number of nitrogens with one attached hydrogen (secondary N) is 1. The van der Waals surface area contributed by atoms with Gasteiger partial charge in [0, 0.05) is 43.8 Å². The lowest BCUT2D eigenvalue weighted by Crippen LogP contribution is -2.35. The first-order valence-electron chi connectivity index (χ1n) is 10.1. The second-order valence-electron chi connectivity index (χ2n) is 7.57. The van der Waals surface area contributed by atoms with Crippen LogP contribution in [0, 0.1) is 0 Å². The van der Waals surface area contributed by atoms with E-state index in [0.717, 1.165) is 44.8 Å². The number of carbonyl (C=O) groups excluding carboxylic acids is 1. The smallest absolute Gasteiger partial charge is 0.237 e. The fraction of sp³-hybridized carbons (Fsp3) is 0.524. The average molecular weight is 419 g/mol. The number of nitrogens with zero attached hydrogens (tertiary/aromatic N) is 3. The molecule has 7 heteroatoms. The standard InChI is InChI=1S/C21H27ClN4OS/c22-13-21(27)26-9-3-8-25(10-11-26)15-17-6-7-23-14-18(17)24-20-12-16-4-1-2-5-19(16)28-20/h6-7,12,14,24H,1-5,8-11,13,15H2. The highest BCUT2D eigenvalue weighted by atomic mass is 35.5. The molecule has 2 aliphatic rings. The first-order valence-corrected chi connectivity index (χ1v) is 11.5. The van der Waals surface area contributed by atoms with Gasteiger partial charge in [0.05, 0.1) is 16.9 Å². The van der Waals surface area contributed by atoms with Gasteiger partial charge in [-0.25, -0.2) is 0 Å². The number of rotatable bonds is 5. The van der Waals surface area contributed by atoms with Gasteiger partial charge in [-0.3, -0.25) is 14.7 Å². The number of anilines is 2. The summed E-state index contributed by atoms with van der Waals surface area (Å²) in [4.78, 5) is 22.1. The zero-order valence-corrected chi connectivity index (χ0v) is 17.7. The molecule has 3 heterocycles. The predicted molar refractivity (Wildman–Crippen MR) is 116 cm³/mol. The third-order valence-corrected chi connectivity index (χ3v) is 7.00. The van der Waals surface area contributed by atoms with Crippen LogP contribution in [0.15, 0.2) is 24.5 Å². The number of carbonyl (C=O) groups is 1. The summed E-state index contributed by atoms with van der Waals surface area (Å²) in [5.41, 5.74) is 3.85. The zero-order chi connectivity index (χ0) is 19.3. The summed E-state index contributed by atoms with van der Waals surface area (Å²) in [6.45, 7) is 4.26. The van der Waals surface area contributed by atoms with Crippen molar-refractivity contribution in [3.05, 3.63) is 40.5 Å². The summed E-state index contributed by atoms with van der Waals surface area (Å²) in [7, 11) is 0. The molecular formula is C21H27ClN4OS. The number of pyridine rings is 1. The van der Waals surface area contributed by atoms with Gasteiger partial charge in [-0.1, -0.05) is 0 Å². The van der Waals surface area contributed by atoms with E-state index in [2.05, 4.69) is 27.3 Å². The van der Waals surface area contributed by atoms with Crippen LogP contribution < -0.4 is 5.32 Å². The number of aromatic nitrogens is 1. The molecule has 1 N–H and O–H groups in total. The van der Waals surface area contributed by atoms with Gasteiger partial charge < -0.3 is 10.2 Å². The highest BCUT2D eigenvalue weighted by molar-refractivity contribution is 7.16. The van der Waals surface area contributed by atoms with Gasteiger partial charge in [0.15, 0.2) is 0 Å². The molecule has 28 heavy (non-hydrogen) atoms. The predicted octanol–water partition coefficient (Wildman–Crippen LogP) is 4.04. The van der Waals surface area contributed by atoms with Gasteiger partial charge in [-0.15, -0.1) is 22.9 Å². The number of thiophene rings is 1. The molecule has 1 fully saturated rings. The Balaban J connectivity index is 1.43. The minimum atomic E-state index is 0.0384. The van der Waals surface area contributed by atoms with Crippen molar-refractivity contribution in [2.45, 2.75) is 38.6 Å². The van der Waals surface area contributed by atoms with E-state index in [1.807, 2.05) is 28.6 Å². The number of amides is 1. The first-order chi connectivity index (χ1) is 13.7. The average Bonchev–Trinajstić information content (AvgIpc) is 2.98. The van der Waals surface area contributed by atoms with Crippen molar-refractivity contribution in [2.75, 3.05) is 37.4 Å². The lowest BCUT2D eigenvalue weighted by Gasteiger charge is -2.22. The molecule has 2 aromatic rings. The monoisotopic (exact) mass is 418 g/mol. The van der Waals surface area contributed by atoms with Gasteiger partial charge >= 0.3 is 0 Å². The minimum absolute atomic E-state index is 0.0384. The van der Waals surface area contributed by atoms with E-state index in [1.54, 1.807) is 0 Å². The first kappa shape index (κ1) is 19.7. The number of fused-ring (bicyclic) bond motifs is 1. The highest BCUT2D eigenvalue weighted by Gasteiger charge is 2.19. The molecule has 0 radical (unpaired) electrons. The number of halogens is 1. The Labute approximate surface area is 175 Å². The summed E-state index contributed by atoms with van der Waals surface area (Å²) < 4.78 is 0.